The third-order valence-corrected chi connectivity index (χ3v) is 3.13. The van der Waals surface area contributed by atoms with Gasteiger partial charge >= 0.3 is 0 Å². The van der Waals surface area contributed by atoms with Crippen molar-refractivity contribution in [1.82, 2.24) is 15.1 Å². The van der Waals surface area contributed by atoms with Crippen molar-refractivity contribution < 1.29 is 4.79 Å². The fourth-order valence-electron chi connectivity index (χ4n) is 1.52. The lowest BCUT2D eigenvalue weighted by molar-refractivity contribution is 0.0785. The van der Waals surface area contributed by atoms with E-state index in [-0.39, 0.29) is 5.91 Å². The maximum atomic E-state index is 12.1. The molecule has 0 unspecified atom stereocenters. The number of hydrogen-bond acceptors (Lipinski definition) is 2. The van der Waals surface area contributed by atoms with E-state index in [1.54, 1.807) is 24.3 Å². The van der Waals surface area contributed by atoms with Gasteiger partial charge in [-0.25, -0.2) is 0 Å². The molecule has 1 aromatic carbocycles. The summed E-state index contributed by atoms with van der Waals surface area (Å²) in [6.07, 6.45) is 3.51. The highest BCUT2D eigenvalue weighted by Crippen LogP contribution is 2.10. The summed E-state index contributed by atoms with van der Waals surface area (Å²) in [7, 11) is 1.79. The maximum Gasteiger partial charge on any atom is 0.253 e. The molecule has 2 aromatic rings. The molecule has 2 rings (SSSR count). The average Bonchev–Trinajstić information content (AvgIpc) is 2.82. The second-order valence-electron chi connectivity index (χ2n) is 3.77. The minimum Gasteiger partial charge on any atom is -0.337 e. The zero-order valence-electron chi connectivity index (χ0n) is 9.35. The van der Waals surface area contributed by atoms with Crippen molar-refractivity contribution in [2.24, 2.45) is 0 Å². The normalized spacial score (nSPS) is 10.2. The molecule has 88 valence electrons. The number of carbonyl (C=O) groups is 1. The van der Waals surface area contributed by atoms with Crippen LogP contribution in [0.3, 0.4) is 0 Å². The zero-order valence-corrected chi connectivity index (χ0v) is 11.5. The van der Waals surface area contributed by atoms with Gasteiger partial charge in [0.15, 0.2) is 0 Å². The van der Waals surface area contributed by atoms with E-state index in [0.717, 1.165) is 9.13 Å². The van der Waals surface area contributed by atoms with Gasteiger partial charge in [0.1, 0.15) is 0 Å². The molecule has 0 aliphatic carbocycles. The summed E-state index contributed by atoms with van der Waals surface area (Å²) >= 11 is 2.22. The van der Waals surface area contributed by atoms with E-state index in [2.05, 4.69) is 32.8 Å². The molecule has 0 saturated heterocycles. The molecule has 1 heterocycles. The molecule has 1 aromatic heterocycles. The number of rotatable bonds is 3. The van der Waals surface area contributed by atoms with Crippen molar-refractivity contribution in [3.8, 4) is 0 Å². The van der Waals surface area contributed by atoms with E-state index >= 15 is 0 Å². The lowest BCUT2D eigenvalue weighted by Crippen LogP contribution is -2.25. The lowest BCUT2D eigenvalue weighted by atomic mass is 10.2. The Balaban J connectivity index is 2.07. The van der Waals surface area contributed by atoms with Gasteiger partial charge in [0.05, 0.1) is 6.20 Å². The lowest BCUT2D eigenvalue weighted by Gasteiger charge is -2.16. The van der Waals surface area contributed by atoms with E-state index in [4.69, 9.17) is 0 Å². The number of amides is 1. The summed E-state index contributed by atoms with van der Waals surface area (Å²) < 4.78 is 1.12. The van der Waals surface area contributed by atoms with Gasteiger partial charge in [-0.3, -0.25) is 9.89 Å². The third kappa shape index (κ3) is 3.06. The van der Waals surface area contributed by atoms with Crippen molar-refractivity contribution in [3.05, 3.63) is 51.4 Å². The zero-order chi connectivity index (χ0) is 12.3. The van der Waals surface area contributed by atoms with Crippen LogP contribution in [0.5, 0.6) is 0 Å². The highest BCUT2D eigenvalue weighted by molar-refractivity contribution is 14.1. The Hall–Kier alpha value is -1.37. The van der Waals surface area contributed by atoms with Crippen LogP contribution in [0.25, 0.3) is 0 Å². The summed E-state index contributed by atoms with van der Waals surface area (Å²) in [4.78, 5) is 13.7. The van der Waals surface area contributed by atoms with Crippen LogP contribution >= 0.6 is 22.6 Å². The van der Waals surface area contributed by atoms with Crippen molar-refractivity contribution >= 4 is 28.5 Å². The Morgan fingerprint density at radius 3 is 2.71 bits per heavy atom. The molecule has 4 nitrogen and oxygen atoms in total. The Labute approximate surface area is 113 Å². The molecule has 0 bridgehead atoms. The molecule has 5 heteroatoms. The predicted molar refractivity (Wildman–Crippen MR) is 73.5 cm³/mol. The molecular formula is C12H12IN3O. The first-order valence-corrected chi connectivity index (χ1v) is 6.23. The summed E-state index contributed by atoms with van der Waals surface area (Å²) in [5.41, 5.74) is 1.70. The summed E-state index contributed by atoms with van der Waals surface area (Å²) in [5, 5.41) is 6.59. The van der Waals surface area contributed by atoms with E-state index in [9.17, 15) is 4.79 Å². The van der Waals surface area contributed by atoms with Crippen LogP contribution in [-0.2, 0) is 6.54 Å². The molecule has 1 N–H and O–H groups in total. The second kappa shape index (κ2) is 5.31. The van der Waals surface area contributed by atoms with Crippen LogP contribution in [0.1, 0.15) is 15.9 Å². The molecular weight excluding hydrogens is 329 g/mol. The molecule has 0 fully saturated rings. The number of nitrogens with zero attached hydrogens (tertiary/aromatic N) is 2. The molecule has 0 aliphatic heterocycles. The number of benzene rings is 1. The number of hydrogen-bond donors (Lipinski definition) is 1. The summed E-state index contributed by atoms with van der Waals surface area (Å²) in [6, 6.07) is 7.55. The van der Waals surface area contributed by atoms with Crippen molar-refractivity contribution in [2.75, 3.05) is 7.05 Å². The van der Waals surface area contributed by atoms with Crippen LogP contribution in [0, 0.1) is 3.57 Å². The summed E-state index contributed by atoms with van der Waals surface area (Å²) in [5.74, 6) is 0.0163. The monoisotopic (exact) mass is 341 g/mol. The van der Waals surface area contributed by atoms with Gasteiger partial charge in [0.25, 0.3) is 5.91 Å². The summed E-state index contributed by atoms with van der Waals surface area (Å²) in [6.45, 7) is 0.557. The van der Waals surface area contributed by atoms with Gasteiger partial charge in [0, 0.05) is 34.5 Å². The highest BCUT2D eigenvalue weighted by atomic mass is 127. The van der Waals surface area contributed by atoms with Gasteiger partial charge in [-0.2, -0.15) is 5.10 Å². The second-order valence-corrected chi connectivity index (χ2v) is 5.02. The quantitative estimate of drug-likeness (QED) is 0.871. The van der Waals surface area contributed by atoms with Gasteiger partial charge in [-0.1, -0.05) is 0 Å². The number of aromatic nitrogens is 2. The Bertz CT molecular complexity index is 493. The van der Waals surface area contributed by atoms with E-state index in [0.29, 0.717) is 12.1 Å². The van der Waals surface area contributed by atoms with Crippen LogP contribution < -0.4 is 0 Å². The Morgan fingerprint density at radius 2 is 2.12 bits per heavy atom. The smallest absolute Gasteiger partial charge is 0.253 e. The first kappa shape index (κ1) is 12.1. The SMILES string of the molecule is CN(Cc1cn[nH]c1)C(=O)c1ccc(I)cc1. The first-order chi connectivity index (χ1) is 8.16. The Kier molecular flexibility index (Phi) is 3.78. The minimum absolute atomic E-state index is 0.0163. The van der Waals surface area contributed by atoms with E-state index in [1.807, 2.05) is 24.3 Å². The molecule has 0 radical (unpaired) electrons. The van der Waals surface area contributed by atoms with Gasteiger partial charge in [-0.05, 0) is 46.9 Å². The molecule has 1 amide bonds. The third-order valence-electron chi connectivity index (χ3n) is 2.41. The highest BCUT2D eigenvalue weighted by Gasteiger charge is 2.11. The van der Waals surface area contributed by atoms with Crippen LogP contribution in [0.2, 0.25) is 0 Å². The van der Waals surface area contributed by atoms with Crippen molar-refractivity contribution in [1.29, 1.82) is 0 Å². The van der Waals surface area contributed by atoms with Crippen molar-refractivity contribution in [3.63, 3.8) is 0 Å². The number of carbonyl (C=O) groups excluding carboxylic acids is 1. The number of H-pyrrole nitrogens is 1. The first-order valence-electron chi connectivity index (χ1n) is 5.15. The molecule has 17 heavy (non-hydrogen) atoms. The van der Waals surface area contributed by atoms with Gasteiger partial charge < -0.3 is 4.90 Å². The van der Waals surface area contributed by atoms with E-state index in [1.165, 1.54) is 0 Å². The van der Waals surface area contributed by atoms with Crippen LogP contribution in [0.15, 0.2) is 36.7 Å². The topological polar surface area (TPSA) is 49.0 Å². The average molecular weight is 341 g/mol. The fraction of sp³-hybridized carbons (Fsp3) is 0.167. The number of nitrogens with one attached hydrogen (secondary N) is 1. The van der Waals surface area contributed by atoms with Crippen molar-refractivity contribution in [2.45, 2.75) is 6.54 Å². The fourth-order valence-corrected chi connectivity index (χ4v) is 1.88. The molecule has 0 atom stereocenters. The van der Waals surface area contributed by atoms with Gasteiger partial charge in [-0.15, -0.1) is 0 Å². The minimum atomic E-state index is 0.0163. The van der Waals surface area contributed by atoms with E-state index < -0.39 is 0 Å². The molecule has 0 saturated carbocycles. The number of aromatic amines is 1. The van der Waals surface area contributed by atoms with Crippen LogP contribution in [-0.4, -0.2) is 28.1 Å². The maximum absolute atomic E-state index is 12.1. The van der Waals surface area contributed by atoms with Crippen LogP contribution in [0.4, 0.5) is 0 Å². The standard InChI is InChI=1S/C12H12IN3O/c1-16(8-9-6-14-15-7-9)12(17)10-2-4-11(13)5-3-10/h2-7H,8H2,1H3,(H,14,15). The van der Waals surface area contributed by atoms with Gasteiger partial charge in [0.2, 0.25) is 0 Å². The Morgan fingerprint density at radius 1 is 1.41 bits per heavy atom. The predicted octanol–water partition coefficient (Wildman–Crippen LogP) is 2.29. The molecule has 0 spiro atoms. The molecule has 0 aliphatic rings. The largest absolute Gasteiger partial charge is 0.337 e. The number of halogens is 1.